The fraction of sp³-hybridized carbons (Fsp3) is 0.324. The van der Waals surface area contributed by atoms with E-state index in [1.54, 1.807) is 43.5 Å². The van der Waals surface area contributed by atoms with E-state index in [2.05, 4.69) is 14.9 Å². The van der Waals surface area contributed by atoms with E-state index in [4.69, 9.17) is 18.9 Å². The molecule has 2 aromatic heterocycles. The lowest BCUT2D eigenvalue weighted by Crippen LogP contribution is -2.38. The fourth-order valence-corrected chi connectivity index (χ4v) is 5.68. The largest absolute Gasteiger partial charge is 0.497 e. The lowest BCUT2D eigenvalue weighted by Gasteiger charge is -2.26. The third-order valence-electron chi connectivity index (χ3n) is 8.04. The van der Waals surface area contributed by atoms with Crippen LogP contribution in [-0.4, -0.2) is 79.3 Å². The normalized spacial score (nSPS) is 14.8. The molecule has 0 spiro atoms. The van der Waals surface area contributed by atoms with Crippen molar-refractivity contribution in [1.29, 1.82) is 0 Å². The zero-order valence-electron chi connectivity index (χ0n) is 25.2. The number of amides is 1. The van der Waals surface area contributed by atoms with E-state index >= 15 is 0 Å². The molecule has 0 unspecified atom stereocenters. The molecule has 4 heterocycles. The number of hydrogen-bond acceptors (Lipinski definition) is 8. The van der Waals surface area contributed by atoms with Crippen molar-refractivity contribution < 1.29 is 32.5 Å². The molecule has 0 atom stereocenters. The molecule has 11 heteroatoms. The summed E-state index contributed by atoms with van der Waals surface area (Å²) in [6.07, 6.45) is 1.91. The van der Waals surface area contributed by atoms with Crippen LogP contribution in [0.25, 0.3) is 11.3 Å². The number of pyridine rings is 2. The summed E-state index contributed by atoms with van der Waals surface area (Å²) in [6, 6.07) is 14.4. The maximum atomic E-state index is 14.9. The van der Waals surface area contributed by atoms with Gasteiger partial charge in [0.25, 0.3) is 5.91 Å². The van der Waals surface area contributed by atoms with Crippen LogP contribution in [0.1, 0.15) is 32.9 Å². The van der Waals surface area contributed by atoms with Gasteiger partial charge in [-0.25, -0.2) is 13.8 Å². The Labute approximate surface area is 260 Å². The maximum absolute atomic E-state index is 14.9. The predicted octanol–water partition coefficient (Wildman–Crippen LogP) is 4.90. The number of nitrogens with zero attached hydrogens (tertiary/aromatic N) is 4. The van der Waals surface area contributed by atoms with Crippen molar-refractivity contribution in [3.05, 3.63) is 101 Å². The standard InChI is InChI=1S/C34H34F2N4O5/c1-42-25-8-6-22(31(18-25)43-2)20-40-21-30-32(34(40)41)23(17-29(38-30)33-27(35)4-3-5-28(33)36)16-24-7-9-26(19-37-24)45-15-12-39-10-13-44-14-11-39/h3-9,17-19H,10-16,20-21H2,1-2H3. The van der Waals surface area contributed by atoms with Crippen LogP contribution in [0.2, 0.25) is 0 Å². The summed E-state index contributed by atoms with van der Waals surface area (Å²) >= 11 is 0. The topological polar surface area (TPSA) is 86.3 Å². The third kappa shape index (κ3) is 6.74. The van der Waals surface area contributed by atoms with Gasteiger partial charge in [-0.05, 0) is 48.0 Å². The number of carbonyl (C=O) groups is 1. The van der Waals surface area contributed by atoms with Crippen LogP contribution >= 0.6 is 0 Å². The predicted molar refractivity (Wildman–Crippen MR) is 163 cm³/mol. The number of benzene rings is 2. The molecule has 0 aliphatic carbocycles. The minimum Gasteiger partial charge on any atom is -0.497 e. The Morgan fingerprint density at radius 1 is 0.911 bits per heavy atom. The Morgan fingerprint density at radius 2 is 1.69 bits per heavy atom. The van der Waals surface area contributed by atoms with E-state index in [1.165, 1.54) is 18.2 Å². The average Bonchev–Trinajstić information content (AvgIpc) is 3.37. The monoisotopic (exact) mass is 616 g/mol. The molecular formula is C34H34F2N4O5. The molecule has 0 N–H and O–H groups in total. The van der Waals surface area contributed by atoms with E-state index in [9.17, 15) is 13.6 Å². The van der Waals surface area contributed by atoms with Gasteiger partial charge in [0.05, 0.1) is 69.2 Å². The van der Waals surface area contributed by atoms with Crippen molar-refractivity contribution in [1.82, 2.24) is 19.8 Å². The van der Waals surface area contributed by atoms with Crippen molar-refractivity contribution in [3.8, 4) is 28.5 Å². The number of methoxy groups -OCH3 is 2. The number of carbonyl (C=O) groups excluding carboxylic acids is 1. The summed E-state index contributed by atoms with van der Waals surface area (Å²) in [5.74, 6) is 0.166. The molecule has 1 amide bonds. The Balaban J connectivity index is 1.26. The summed E-state index contributed by atoms with van der Waals surface area (Å²) in [5.41, 5.74) is 2.79. The minimum absolute atomic E-state index is 0.124. The van der Waals surface area contributed by atoms with Crippen molar-refractivity contribution >= 4 is 5.91 Å². The van der Waals surface area contributed by atoms with Crippen LogP contribution < -0.4 is 14.2 Å². The molecule has 6 rings (SSSR count). The maximum Gasteiger partial charge on any atom is 0.256 e. The molecule has 9 nitrogen and oxygen atoms in total. The van der Waals surface area contributed by atoms with E-state index in [1.807, 2.05) is 18.2 Å². The van der Waals surface area contributed by atoms with Gasteiger partial charge in [-0.2, -0.15) is 0 Å². The molecule has 0 saturated carbocycles. The Morgan fingerprint density at radius 3 is 2.40 bits per heavy atom. The number of morpholine rings is 1. The highest BCUT2D eigenvalue weighted by atomic mass is 19.1. The van der Waals surface area contributed by atoms with E-state index < -0.39 is 11.6 Å². The zero-order valence-corrected chi connectivity index (χ0v) is 25.2. The summed E-state index contributed by atoms with van der Waals surface area (Å²) in [5, 5.41) is 0. The highest BCUT2D eigenvalue weighted by Gasteiger charge is 2.33. The van der Waals surface area contributed by atoms with Crippen molar-refractivity contribution in [2.75, 3.05) is 53.7 Å². The van der Waals surface area contributed by atoms with Crippen molar-refractivity contribution in [2.24, 2.45) is 0 Å². The SMILES string of the molecule is COc1ccc(CN2Cc3nc(-c4c(F)cccc4F)cc(Cc4ccc(OCCN5CCOCC5)cn4)c3C2=O)c(OC)c1. The smallest absolute Gasteiger partial charge is 0.256 e. The lowest BCUT2D eigenvalue weighted by molar-refractivity contribution is 0.0322. The Bertz CT molecular complexity index is 1660. The number of rotatable bonds is 11. The van der Waals surface area contributed by atoms with Crippen LogP contribution in [0.15, 0.2) is 60.8 Å². The van der Waals surface area contributed by atoms with E-state index in [-0.39, 0.29) is 36.7 Å². The van der Waals surface area contributed by atoms with Crippen LogP contribution in [0.4, 0.5) is 8.78 Å². The molecule has 2 aliphatic heterocycles. The van der Waals surface area contributed by atoms with Gasteiger partial charge in [-0.15, -0.1) is 0 Å². The molecular weight excluding hydrogens is 582 g/mol. The Hall–Kier alpha value is -4.61. The molecule has 4 aromatic rings. The van der Waals surface area contributed by atoms with Gasteiger partial charge >= 0.3 is 0 Å². The first kappa shape index (κ1) is 30.4. The number of fused-ring (bicyclic) bond motifs is 1. The zero-order chi connectivity index (χ0) is 31.3. The molecule has 2 aromatic carbocycles. The second kappa shape index (κ2) is 13.6. The molecule has 1 saturated heterocycles. The second-order valence-corrected chi connectivity index (χ2v) is 10.9. The van der Waals surface area contributed by atoms with Gasteiger partial charge in [-0.3, -0.25) is 14.7 Å². The number of ether oxygens (including phenoxy) is 4. The third-order valence-corrected chi connectivity index (χ3v) is 8.04. The van der Waals surface area contributed by atoms with Gasteiger partial charge in [0, 0.05) is 43.4 Å². The summed E-state index contributed by atoms with van der Waals surface area (Å²) in [6.45, 7) is 4.99. The van der Waals surface area contributed by atoms with Gasteiger partial charge in [0.1, 0.15) is 35.5 Å². The van der Waals surface area contributed by atoms with Gasteiger partial charge < -0.3 is 23.8 Å². The summed E-state index contributed by atoms with van der Waals surface area (Å²) in [4.78, 5) is 26.9. The van der Waals surface area contributed by atoms with Crippen LogP contribution in [0.3, 0.4) is 0 Å². The average molecular weight is 617 g/mol. The van der Waals surface area contributed by atoms with E-state index in [0.717, 1.165) is 38.4 Å². The van der Waals surface area contributed by atoms with Gasteiger partial charge in [0.15, 0.2) is 0 Å². The van der Waals surface area contributed by atoms with Crippen molar-refractivity contribution in [3.63, 3.8) is 0 Å². The fourth-order valence-electron chi connectivity index (χ4n) is 5.68. The highest BCUT2D eigenvalue weighted by Crippen LogP contribution is 2.34. The van der Waals surface area contributed by atoms with Crippen LogP contribution in [-0.2, 0) is 24.2 Å². The molecule has 2 aliphatic rings. The Kier molecular flexibility index (Phi) is 9.18. The summed E-state index contributed by atoms with van der Waals surface area (Å²) in [7, 11) is 3.13. The minimum atomic E-state index is -0.728. The van der Waals surface area contributed by atoms with Gasteiger partial charge in [0.2, 0.25) is 0 Å². The van der Waals surface area contributed by atoms with Crippen molar-refractivity contribution in [2.45, 2.75) is 19.5 Å². The lowest BCUT2D eigenvalue weighted by atomic mass is 9.98. The first-order chi connectivity index (χ1) is 21.9. The number of aromatic nitrogens is 2. The highest BCUT2D eigenvalue weighted by molar-refractivity contribution is 5.99. The number of hydrogen-bond donors (Lipinski definition) is 0. The van der Waals surface area contributed by atoms with Crippen LogP contribution in [0.5, 0.6) is 17.2 Å². The second-order valence-electron chi connectivity index (χ2n) is 10.9. The summed E-state index contributed by atoms with van der Waals surface area (Å²) < 4.78 is 51.9. The molecule has 0 bridgehead atoms. The first-order valence-electron chi connectivity index (χ1n) is 14.8. The molecule has 234 valence electrons. The number of halogens is 2. The van der Waals surface area contributed by atoms with Crippen LogP contribution in [0, 0.1) is 11.6 Å². The first-order valence-corrected chi connectivity index (χ1v) is 14.8. The molecule has 1 fully saturated rings. The quantitative estimate of drug-likeness (QED) is 0.235. The molecule has 45 heavy (non-hydrogen) atoms. The van der Waals surface area contributed by atoms with E-state index in [0.29, 0.717) is 46.4 Å². The molecule has 0 radical (unpaired) electrons. The van der Waals surface area contributed by atoms with Gasteiger partial charge in [-0.1, -0.05) is 6.07 Å².